The van der Waals surface area contributed by atoms with Gasteiger partial charge in [-0.2, -0.15) is 0 Å². The smallest absolute Gasteiger partial charge is 0.261 e. The number of nitrogen functional groups attached to an aromatic ring is 1. The number of hydrogen-bond acceptors (Lipinski definition) is 4. The molecule has 4 nitrogen and oxygen atoms in total. The third-order valence-corrected chi connectivity index (χ3v) is 4.80. The molecule has 0 aliphatic rings. The van der Waals surface area contributed by atoms with Gasteiger partial charge in [-0.25, -0.2) is 4.98 Å². The first kappa shape index (κ1) is 14.8. The summed E-state index contributed by atoms with van der Waals surface area (Å²) in [6.45, 7) is 8.56. The number of benzene rings is 1. The maximum atomic E-state index is 12.3. The van der Waals surface area contributed by atoms with Gasteiger partial charge in [0.15, 0.2) is 0 Å². The summed E-state index contributed by atoms with van der Waals surface area (Å²) in [6, 6.07) is 8.39. The van der Waals surface area contributed by atoms with Crippen molar-refractivity contribution in [3.8, 4) is 11.1 Å². The summed E-state index contributed by atoms with van der Waals surface area (Å²) >= 11 is 1.50. The first-order chi connectivity index (χ1) is 10.3. The third kappa shape index (κ3) is 2.41. The fraction of sp³-hybridized carbons (Fsp3) is 0.294. The zero-order valence-corrected chi connectivity index (χ0v) is 14.0. The Bertz CT molecular complexity index is 899. The van der Waals surface area contributed by atoms with E-state index in [1.807, 2.05) is 6.92 Å². The minimum atomic E-state index is -0.179. The van der Waals surface area contributed by atoms with Crippen LogP contribution in [0.15, 0.2) is 29.1 Å². The van der Waals surface area contributed by atoms with Crippen LogP contribution in [0.5, 0.6) is 0 Å². The molecule has 0 unspecified atom stereocenters. The Labute approximate surface area is 133 Å². The number of H-pyrrole nitrogens is 1. The molecule has 0 spiro atoms. The van der Waals surface area contributed by atoms with Crippen molar-refractivity contribution in [3.05, 3.63) is 45.1 Å². The summed E-state index contributed by atoms with van der Waals surface area (Å²) < 4.78 is 0. The van der Waals surface area contributed by atoms with Gasteiger partial charge in [-0.05, 0) is 23.5 Å². The Morgan fingerprint density at radius 2 is 1.82 bits per heavy atom. The van der Waals surface area contributed by atoms with Crippen molar-refractivity contribution >= 4 is 27.5 Å². The highest BCUT2D eigenvalue weighted by Crippen LogP contribution is 2.36. The van der Waals surface area contributed by atoms with Gasteiger partial charge in [0, 0.05) is 10.4 Å². The van der Waals surface area contributed by atoms with Crippen molar-refractivity contribution < 1.29 is 0 Å². The summed E-state index contributed by atoms with van der Waals surface area (Å²) in [5.74, 6) is 0.161. The van der Waals surface area contributed by atoms with Crippen LogP contribution in [0.3, 0.4) is 0 Å². The summed E-state index contributed by atoms with van der Waals surface area (Å²) in [5.41, 5.74) is 8.82. The van der Waals surface area contributed by atoms with E-state index in [9.17, 15) is 4.79 Å². The number of nitrogens with zero attached hydrogens (tertiary/aromatic N) is 1. The van der Waals surface area contributed by atoms with E-state index >= 15 is 0 Å². The van der Waals surface area contributed by atoms with E-state index in [0.717, 1.165) is 16.0 Å². The summed E-state index contributed by atoms with van der Waals surface area (Å²) in [7, 11) is 0. The highest BCUT2D eigenvalue weighted by molar-refractivity contribution is 7.19. The normalized spacial score (nSPS) is 12.0. The van der Waals surface area contributed by atoms with E-state index in [2.05, 4.69) is 55.0 Å². The Kier molecular flexibility index (Phi) is 3.33. The van der Waals surface area contributed by atoms with Crippen LogP contribution in [0.25, 0.3) is 21.3 Å². The molecular formula is C17H19N3OS. The molecule has 0 bridgehead atoms. The van der Waals surface area contributed by atoms with E-state index in [0.29, 0.717) is 10.2 Å². The standard InChI is InChI=1S/C17H19N3OS/c1-9-12(10-5-7-11(8-6-10)17(2,3)4)13-14(21)19-16(18)20-15(13)22-9/h5-8H,1-4H3,(H3,18,19,20,21). The molecule has 1 aromatic carbocycles. The second-order valence-electron chi connectivity index (χ2n) is 6.49. The molecule has 0 atom stereocenters. The van der Waals surface area contributed by atoms with Crippen molar-refractivity contribution in [2.24, 2.45) is 0 Å². The van der Waals surface area contributed by atoms with Crippen molar-refractivity contribution in [3.63, 3.8) is 0 Å². The summed E-state index contributed by atoms with van der Waals surface area (Å²) in [4.78, 5) is 20.9. The monoisotopic (exact) mass is 313 g/mol. The zero-order valence-electron chi connectivity index (χ0n) is 13.2. The fourth-order valence-corrected chi connectivity index (χ4v) is 3.67. The Morgan fingerprint density at radius 1 is 1.18 bits per heavy atom. The second-order valence-corrected chi connectivity index (χ2v) is 7.70. The summed E-state index contributed by atoms with van der Waals surface area (Å²) in [5, 5.41) is 0.625. The molecule has 0 fully saturated rings. The van der Waals surface area contributed by atoms with Crippen LogP contribution < -0.4 is 11.3 Å². The molecule has 0 radical (unpaired) electrons. The van der Waals surface area contributed by atoms with Crippen LogP contribution in [0.4, 0.5) is 5.95 Å². The quantitative estimate of drug-likeness (QED) is 0.717. The van der Waals surface area contributed by atoms with Gasteiger partial charge in [0.2, 0.25) is 5.95 Å². The zero-order chi connectivity index (χ0) is 16.1. The van der Waals surface area contributed by atoms with Crippen LogP contribution in [-0.4, -0.2) is 9.97 Å². The number of hydrogen-bond donors (Lipinski definition) is 2. The number of thiophene rings is 1. The molecule has 2 heterocycles. The lowest BCUT2D eigenvalue weighted by Crippen LogP contribution is -2.11. The topological polar surface area (TPSA) is 71.8 Å². The molecule has 3 rings (SSSR count). The third-order valence-electron chi connectivity index (χ3n) is 3.80. The average Bonchev–Trinajstić information content (AvgIpc) is 2.74. The lowest BCUT2D eigenvalue weighted by molar-refractivity contribution is 0.590. The number of anilines is 1. The first-order valence-electron chi connectivity index (χ1n) is 7.17. The van der Waals surface area contributed by atoms with Gasteiger partial charge in [0.25, 0.3) is 5.56 Å². The van der Waals surface area contributed by atoms with Crippen LogP contribution in [-0.2, 0) is 5.41 Å². The van der Waals surface area contributed by atoms with Gasteiger partial charge in [-0.15, -0.1) is 11.3 Å². The van der Waals surface area contributed by atoms with E-state index in [1.54, 1.807) is 0 Å². The van der Waals surface area contributed by atoms with Crippen molar-refractivity contribution in [1.29, 1.82) is 0 Å². The van der Waals surface area contributed by atoms with Crippen molar-refractivity contribution in [2.45, 2.75) is 33.1 Å². The van der Waals surface area contributed by atoms with Crippen LogP contribution in [0.1, 0.15) is 31.2 Å². The van der Waals surface area contributed by atoms with Crippen LogP contribution >= 0.6 is 11.3 Å². The lowest BCUT2D eigenvalue weighted by Gasteiger charge is -2.19. The van der Waals surface area contributed by atoms with Gasteiger partial charge >= 0.3 is 0 Å². The lowest BCUT2D eigenvalue weighted by atomic mass is 9.86. The second kappa shape index (κ2) is 4.95. The van der Waals surface area contributed by atoms with E-state index < -0.39 is 0 Å². The Hall–Kier alpha value is -2.14. The highest BCUT2D eigenvalue weighted by Gasteiger charge is 2.18. The molecule has 0 amide bonds. The van der Waals surface area contributed by atoms with Crippen LogP contribution in [0, 0.1) is 6.92 Å². The number of aromatic amines is 1. The van der Waals surface area contributed by atoms with E-state index in [4.69, 9.17) is 5.73 Å². The number of rotatable bonds is 1. The molecule has 3 N–H and O–H groups in total. The number of aromatic nitrogens is 2. The molecule has 114 valence electrons. The highest BCUT2D eigenvalue weighted by atomic mass is 32.1. The molecule has 0 saturated heterocycles. The Morgan fingerprint density at radius 3 is 2.41 bits per heavy atom. The maximum absolute atomic E-state index is 12.3. The van der Waals surface area contributed by atoms with E-state index in [1.165, 1.54) is 16.9 Å². The van der Waals surface area contributed by atoms with Gasteiger partial charge in [0.05, 0.1) is 5.39 Å². The molecule has 0 aliphatic heterocycles. The van der Waals surface area contributed by atoms with Crippen molar-refractivity contribution in [1.82, 2.24) is 9.97 Å². The number of nitrogens with one attached hydrogen (secondary N) is 1. The van der Waals surface area contributed by atoms with Gasteiger partial charge in [-0.3, -0.25) is 9.78 Å². The molecular weight excluding hydrogens is 294 g/mol. The van der Waals surface area contributed by atoms with Crippen LogP contribution in [0.2, 0.25) is 0 Å². The molecule has 0 aliphatic carbocycles. The molecule has 22 heavy (non-hydrogen) atoms. The minimum absolute atomic E-state index is 0.109. The minimum Gasteiger partial charge on any atom is -0.369 e. The molecule has 2 aromatic heterocycles. The molecule has 5 heteroatoms. The molecule has 0 saturated carbocycles. The number of fused-ring (bicyclic) bond motifs is 1. The average molecular weight is 313 g/mol. The van der Waals surface area contributed by atoms with Gasteiger partial charge in [-0.1, -0.05) is 45.0 Å². The summed E-state index contributed by atoms with van der Waals surface area (Å²) in [6.07, 6.45) is 0. The SMILES string of the molecule is Cc1sc2nc(N)[nH]c(=O)c2c1-c1ccc(C(C)(C)C)cc1. The Balaban J connectivity index is 2.22. The maximum Gasteiger partial charge on any atom is 0.261 e. The molecule has 3 aromatic rings. The largest absolute Gasteiger partial charge is 0.369 e. The number of nitrogens with two attached hydrogens (primary N) is 1. The fourth-order valence-electron chi connectivity index (χ4n) is 2.62. The predicted molar refractivity (Wildman–Crippen MR) is 93.5 cm³/mol. The van der Waals surface area contributed by atoms with Gasteiger partial charge in [0.1, 0.15) is 4.83 Å². The first-order valence-corrected chi connectivity index (χ1v) is 7.99. The predicted octanol–water partition coefficient (Wildman–Crippen LogP) is 3.84. The van der Waals surface area contributed by atoms with Gasteiger partial charge < -0.3 is 5.73 Å². The number of aryl methyl sites for hydroxylation is 1. The van der Waals surface area contributed by atoms with E-state index in [-0.39, 0.29) is 16.9 Å². The van der Waals surface area contributed by atoms with Crippen molar-refractivity contribution in [2.75, 3.05) is 5.73 Å².